The number of nitrogens with zero attached hydrogens (tertiary/aromatic N) is 1. The van der Waals surface area contributed by atoms with E-state index < -0.39 is 0 Å². The molecular formula is C14H19N3O. The Morgan fingerprint density at radius 1 is 1.56 bits per heavy atom. The van der Waals surface area contributed by atoms with Crippen LogP contribution in [-0.2, 0) is 4.74 Å². The minimum absolute atomic E-state index is 0.345. The molecule has 0 radical (unpaired) electrons. The number of nitriles is 1. The SMILES string of the molecule is CCC1OCCC1CNc1cccc(C#N)c1N. The van der Waals surface area contributed by atoms with Crippen molar-refractivity contribution in [3.05, 3.63) is 23.8 Å². The maximum Gasteiger partial charge on any atom is 0.101 e. The molecule has 1 aromatic rings. The quantitative estimate of drug-likeness (QED) is 0.799. The van der Waals surface area contributed by atoms with E-state index in [-0.39, 0.29) is 0 Å². The van der Waals surface area contributed by atoms with Gasteiger partial charge >= 0.3 is 0 Å². The van der Waals surface area contributed by atoms with Crippen molar-refractivity contribution in [2.75, 3.05) is 24.2 Å². The maximum absolute atomic E-state index is 8.92. The largest absolute Gasteiger partial charge is 0.396 e. The molecule has 1 aromatic carbocycles. The van der Waals surface area contributed by atoms with Crippen LogP contribution in [0.5, 0.6) is 0 Å². The molecular weight excluding hydrogens is 226 g/mol. The highest BCUT2D eigenvalue weighted by Gasteiger charge is 2.26. The smallest absolute Gasteiger partial charge is 0.101 e. The number of ether oxygens (including phenoxy) is 1. The van der Waals surface area contributed by atoms with Gasteiger partial charge in [-0.3, -0.25) is 0 Å². The first-order chi connectivity index (χ1) is 8.76. The van der Waals surface area contributed by atoms with E-state index in [2.05, 4.69) is 18.3 Å². The molecule has 1 aliphatic heterocycles. The molecule has 1 saturated heterocycles. The Morgan fingerprint density at radius 2 is 2.39 bits per heavy atom. The van der Waals surface area contributed by atoms with Gasteiger partial charge in [-0.05, 0) is 25.0 Å². The lowest BCUT2D eigenvalue weighted by molar-refractivity contribution is 0.0900. The molecule has 1 fully saturated rings. The number of anilines is 2. The van der Waals surface area contributed by atoms with E-state index in [1.54, 1.807) is 6.07 Å². The van der Waals surface area contributed by atoms with Crippen LogP contribution in [0.3, 0.4) is 0 Å². The molecule has 0 bridgehead atoms. The summed E-state index contributed by atoms with van der Waals surface area (Å²) in [5.41, 5.74) is 7.83. The van der Waals surface area contributed by atoms with Crippen LogP contribution in [0.25, 0.3) is 0 Å². The summed E-state index contributed by atoms with van der Waals surface area (Å²) in [5.74, 6) is 0.528. The summed E-state index contributed by atoms with van der Waals surface area (Å²) in [7, 11) is 0. The van der Waals surface area contributed by atoms with Crippen LogP contribution >= 0.6 is 0 Å². The average Bonchev–Trinajstić information content (AvgIpc) is 2.85. The number of rotatable bonds is 4. The Morgan fingerprint density at radius 3 is 3.11 bits per heavy atom. The third-order valence-corrected chi connectivity index (χ3v) is 3.53. The molecule has 96 valence electrons. The van der Waals surface area contributed by atoms with E-state index in [9.17, 15) is 0 Å². The molecule has 0 saturated carbocycles. The summed E-state index contributed by atoms with van der Waals surface area (Å²) >= 11 is 0. The zero-order chi connectivity index (χ0) is 13.0. The van der Waals surface area contributed by atoms with Gasteiger partial charge < -0.3 is 15.8 Å². The molecule has 0 aliphatic carbocycles. The molecule has 0 aromatic heterocycles. The fourth-order valence-electron chi connectivity index (χ4n) is 2.44. The molecule has 1 heterocycles. The van der Waals surface area contributed by atoms with Crippen molar-refractivity contribution in [2.24, 2.45) is 5.92 Å². The second-order valence-electron chi connectivity index (χ2n) is 4.63. The van der Waals surface area contributed by atoms with Crippen LogP contribution in [0.15, 0.2) is 18.2 Å². The Kier molecular flexibility index (Phi) is 4.06. The van der Waals surface area contributed by atoms with Gasteiger partial charge in [0.25, 0.3) is 0 Å². The maximum atomic E-state index is 8.92. The third-order valence-electron chi connectivity index (χ3n) is 3.53. The van der Waals surface area contributed by atoms with Crippen molar-refractivity contribution in [1.82, 2.24) is 0 Å². The zero-order valence-electron chi connectivity index (χ0n) is 10.6. The Hall–Kier alpha value is -1.73. The van der Waals surface area contributed by atoms with E-state index in [1.807, 2.05) is 12.1 Å². The van der Waals surface area contributed by atoms with Gasteiger partial charge in [0.1, 0.15) is 6.07 Å². The van der Waals surface area contributed by atoms with E-state index in [0.29, 0.717) is 23.3 Å². The topological polar surface area (TPSA) is 71.1 Å². The summed E-state index contributed by atoms with van der Waals surface area (Å²) in [5, 5.41) is 12.3. The van der Waals surface area contributed by atoms with Crippen molar-refractivity contribution in [1.29, 1.82) is 5.26 Å². The molecule has 2 atom stereocenters. The first-order valence-electron chi connectivity index (χ1n) is 6.40. The Bertz CT molecular complexity index is 453. The predicted octanol–water partition coefficient (Wildman–Crippen LogP) is 2.37. The Labute approximate surface area is 108 Å². The van der Waals surface area contributed by atoms with E-state index in [1.165, 1.54) is 0 Å². The van der Waals surface area contributed by atoms with E-state index in [0.717, 1.165) is 31.7 Å². The van der Waals surface area contributed by atoms with Crippen molar-refractivity contribution in [3.8, 4) is 6.07 Å². The molecule has 0 spiro atoms. The third kappa shape index (κ3) is 2.57. The monoisotopic (exact) mass is 245 g/mol. The van der Waals surface area contributed by atoms with Gasteiger partial charge in [0, 0.05) is 19.1 Å². The Balaban J connectivity index is 2.00. The predicted molar refractivity (Wildman–Crippen MR) is 72.2 cm³/mol. The summed E-state index contributed by atoms with van der Waals surface area (Å²) in [6.45, 7) is 3.84. The average molecular weight is 245 g/mol. The first-order valence-corrected chi connectivity index (χ1v) is 6.40. The highest BCUT2D eigenvalue weighted by molar-refractivity contribution is 5.72. The number of nitrogen functional groups attached to an aromatic ring is 1. The van der Waals surface area contributed by atoms with Crippen molar-refractivity contribution < 1.29 is 4.74 Å². The molecule has 2 rings (SSSR count). The van der Waals surface area contributed by atoms with Crippen LogP contribution < -0.4 is 11.1 Å². The lowest BCUT2D eigenvalue weighted by Gasteiger charge is -2.18. The number of nitrogens with one attached hydrogen (secondary N) is 1. The van der Waals surface area contributed by atoms with Gasteiger partial charge in [0.15, 0.2) is 0 Å². The van der Waals surface area contributed by atoms with E-state index in [4.69, 9.17) is 15.7 Å². The van der Waals surface area contributed by atoms with Crippen LogP contribution in [0.1, 0.15) is 25.3 Å². The van der Waals surface area contributed by atoms with Crippen LogP contribution in [0.2, 0.25) is 0 Å². The number of hydrogen-bond donors (Lipinski definition) is 2. The standard InChI is InChI=1S/C14H19N3O/c1-2-13-11(6-7-18-13)9-17-12-5-3-4-10(8-15)14(12)16/h3-5,11,13,17H,2,6-7,9,16H2,1H3. The normalized spacial score (nSPS) is 22.7. The number of hydrogen-bond acceptors (Lipinski definition) is 4. The van der Waals surface area contributed by atoms with Gasteiger partial charge in [-0.25, -0.2) is 0 Å². The molecule has 4 heteroatoms. The van der Waals surface area contributed by atoms with Gasteiger partial charge in [-0.2, -0.15) is 5.26 Å². The second kappa shape index (κ2) is 5.74. The van der Waals surface area contributed by atoms with Gasteiger partial charge in [-0.15, -0.1) is 0 Å². The van der Waals surface area contributed by atoms with Crippen LogP contribution in [0, 0.1) is 17.2 Å². The van der Waals surface area contributed by atoms with Crippen molar-refractivity contribution in [2.45, 2.75) is 25.9 Å². The minimum atomic E-state index is 0.345. The summed E-state index contributed by atoms with van der Waals surface area (Å²) in [6, 6.07) is 7.58. The molecule has 18 heavy (non-hydrogen) atoms. The highest BCUT2D eigenvalue weighted by Crippen LogP contribution is 2.26. The number of para-hydroxylation sites is 1. The molecule has 3 N–H and O–H groups in total. The highest BCUT2D eigenvalue weighted by atomic mass is 16.5. The molecule has 2 unspecified atom stereocenters. The summed E-state index contributed by atoms with van der Waals surface area (Å²) in [4.78, 5) is 0. The van der Waals surface area contributed by atoms with Gasteiger partial charge in [0.05, 0.1) is 23.0 Å². The number of nitrogens with two attached hydrogens (primary N) is 1. The summed E-state index contributed by atoms with van der Waals surface area (Å²) in [6.07, 6.45) is 2.47. The van der Waals surface area contributed by atoms with Gasteiger partial charge in [0.2, 0.25) is 0 Å². The van der Waals surface area contributed by atoms with Gasteiger partial charge in [-0.1, -0.05) is 13.0 Å². The molecule has 1 aliphatic rings. The lowest BCUT2D eigenvalue weighted by atomic mass is 9.99. The minimum Gasteiger partial charge on any atom is -0.396 e. The fourth-order valence-corrected chi connectivity index (χ4v) is 2.44. The molecule has 4 nitrogen and oxygen atoms in total. The second-order valence-corrected chi connectivity index (χ2v) is 4.63. The van der Waals surface area contributed by atoms with Crippen molar-refractivity contribution >= 4 is 11.4 Å². The van der Waals surface area contributed by atoms with E-state index >= 15 is 0 Å². The van der Waals surface area contributed by atoms with Crippen LogP contribution in [0.4, 0.5) is 11.4 Å². The van der Waals surface area contributed by atoms with Crippen molar-refractivity contribution in [3.63, 3.8) is 0 Å². The van der Waals surface area contributed by atoms with Crippen LogP contribution in [-0.4, -0.2) is 19.3 Å². The zero-order valence-corrected chi connectivity index (χ0v) is 10.6. The fraction of sp³-hybridized carbons (Fsp3) is 0.500. The molecule has 0 amide bonds. The first kappa shape index (κ1) is 12.7. The number of benzene rings is 1. The summed E-state index contributed by atoms with van der Waals surface area (Å²) < 4.78 is 5.65. The lowest BCUT2D eigenvalue weighted by Crippen LogP contribution is -2.23.